The number of phenols is 1. The molecule has 3 aromatic rings. The lowest BCUT2D eigenvalue weighted by atomic mass is 9.97. The Morgan fingerprint density at radius 1 is 0.906 bits per heavy atom. The summed E-state index contributed by atoms with van der Waals surface area (Å²) < 4.78 is 11.9. The van der Waals surface area contributed by atoms with Gasteiger partial charge in [0, 0.05) is 18.5 Å². The number of phenolic OH excluding ortho intramolecular Hbond substituents is 1. The van der Waals surface area contributed by atoms with Crippen LogP contribution in [0.15, 0.2) is 54.6 Å². The number of rotatable bonds is 11. The van der Waals surface area contributed by atoms with Crippen molar-refractivity contribution >= 4 is 10.8 Å². The topological polar surface area (TPSA) is 62.2 Å². The molecule has 5 nitrogen and oxygen atoms in total. The van der Waals surface area contributed by atoms with Gasteiger partial charge in [0.25, 0.3) is 0 Å². The van der Waals surface area contributed by atoms with E-state index in [1.165, 1.54) is 0 Å². The highest BCUT2D eigenvalue weighted by Gasteiger charge is 2.16. The lowest BCUT2D eigenvalue weighted by Crippen LogP contribution is -2.28. The Balaban J connectivity index is 1.79. The smallest absolute Gasteiger partial charge is 0.123 e. The van der Waals surface area contributed by atoms with Crippen LogP contribution in [-0.2, 0) is 6.42 Å². The maximum atomic E-state index is 10.1. The molecule has 0 aromatic heterocycles. The quantitative estimate of drug-likeness (QED) is 0.442. The van der Waals surface area contributed by atoms with E-state index < -0.39 is 5.60 Å². The molecule has 0 atom stereocenters. The van der Waals surface area contributed by atoms with Gasteiger partial charge < -0.3 is 24.6 Å². The van der Waals surface area contributed by atoms with Gasteiger partial charge in [-0.2, -0.15) is 0 Å². The van der Waals surface area contributed by atoms with Gasteiger partial charge in [-0.3, -0.25) is 0 Å². The van der Waals surface area contributed by atoms with Crippen molar-refractivity contribution in [2.24, 2.45) is 0 Å². The summed E-state index contributed by atoms with van der Waals surface area (Å²) in [6.07, 6.45) is 0.670. The molecule has 0 fully saturated rings. The van der Waals surface area contributed by atoms with Crippen molar-refractivity contribution in [3.8, 4) is 17.2 Å². The van der Waals surface area contributed by atoms with E-state index in [2.05, 4.69) is 30.9 Å². The predicted octanol–water partition coefficient (Wildman–Crippen LogP) is 5.01. The molecular formula is C27H35NO4. The molecule has 0 heterocycles. The van der Waals surface area contributed by atoms with Crippen molar-refractivity contribution in [2.45, 2.75) is 39.7 Å². The summed E-state index contributed by atoms with van der Waals surface area (Å²) in [7, 11) is 0. The van der Waals surface area contributed by atoms with Crippen molar-refractivity contribution in [2.75, 3.05) is 32.8 Å². The fourth-order valence-corrected chi connectivity index (χ4v) is 3.67. The standard InChI is InChI=1S/C27H35NO4/c1-5-28(6-2)15-16-31-23-11-7-20(8-12-23)17-25-24-13-10-22(29)18-21(24)9-14-26(25)32-19-27(3,4)30/h7-14,18,29-30H,5-6,15-17,19H2,1-4H3. The number of aliphatic hydroxyl groups is 1. The molecule has 5 heteroatoms. The Morgan fingerprint density at radius 3 is 2.28 bits per heavy atom. The Hall–Kier alpha value is -2.76. The monoisotopic (exact) mass is 437 g/mol. The Morgan fingerprint density at radius 2 is 1.62 bits per heavy atom. The molecule has 0 bridgehead atoms. The highest BCUT2D eigenvalue weighted by Crippen LogP contribution is 2.33. The van der Waals surface area contributed by atoms with Gasteiger partial charge in [-0.1, -0.05) is 38.1 Å². The molecule has 0 saturated carbocycles. The minimum absolute atomic E-state index is 0.197. The summed E-state index contributed by atoms with van der Waals surface area (Å²) >= 11 is 0. The second-order valence-corrected chi connectivity index (χ2v) is 8.74. The van der Waals surface area contributed by atoms with Gasteiger partial charge in [0.15, 0.2) is 0 Å². The number of benzene rings is 3. The summed E-state index contributed by atoms with van der Waals surface area (Å²) in [6.45, 7) is 11.6. The summed E-state index contributed by atoms with van der Waals surface area (Å²) in [5.74, 6) is 1.84. The number of hydrogen-bond donors (Lipinski definition) is 2. The largest absolute Gasteiger partial charge is 0.508 e. The number of aromatic hydroxyl groups is 1. The summed E-state index contributed by atoms with van der Waals surface area (Å²) in [5.41, 5.74) is 1.24. The van der Waals surface area contributed by atoms with E-state index in [-0.39, 0.29) is 12.4 Å². The normalized spacial score (nSPS) is 11.8. The third-order valence-electron chi connectivity index (χ3n) is 5.53. The fraction of sp³-hybridized carbons (Fsp3) is 0.407. The van der Waals surface area contributed by atoms with Crippen molar-refractivity contribution in [3.63, 3.8) is 0 Å². The minimum Gasteiger partial charge on any atom is -0.508 e. The van der Waals surface area contributed by atoms with Crippen molar-refractivity contribution in [3.05, 3.63) is 65.7 Å². The van der Waals surface area contributed by atoms with Crippen LogP contribution in [0.4, 0.5) is 0 Å². The van der Waals surface area contributed by atoms with Crippen LogP contribution in [0, 0.1) is 0 Å². The van der Waals surface area contributed by atoms with Crippen molar-refractivity contribution < 1.29 is 19.7 Å². The first-order valence-corrected chi connectivity index (χ1v) is 11.3. The number of hydrogen-bond acceptors (Lipinski definition) is 5. The van der Waals surface area contributed by atoms with Crippen LogP contribution < -0.4 is 9.47 Å². The number of likely N-dealkylation sites (N-methyl/N-ethyl adjacent to an activating group) is 1. The third kappa shape index (κ3) is 6.62. The van der Waals surface area contributed by atoms with Crippen LogP contribution >= 0.6 is 0 Å². The zero-order valence-corrected chi connectivity index (χ0v) is 19.6. The van der Waals surface area contributed by atoms with Crippen LogP contribution in [0.1, 0.15) is 38.8 Å². The molecule has 0 radical (unpaired) electrons. The second kappa shape index (κ2) is 10.7. The SMILES string of the molecule is CCN(CC)CCOc1ccc(Cc2c(OCC(C)(C)O)ccc3cc(O)ccc23)cc1. The van der Waals surface area contributed by atoms with Crippen LogP contribution in [0.25, 0.3) is 10.8 Å². The van der Waals surface area contributed by atoms with E-state index in [0.29, 0.717) is 13.0 Å². The Bertz CT molecular complexity index is 1000. The van der Waals surface area contributed by atoms with Crippen LogP contribution in [0.3, 0.4) is 0 Å². The average molecular weight is 438 g/mol. The van der Waals surface area contributed by atoms with Gasteiger partial charge in [-0.05, 0) is 73.6 Å². The Kier molecular flexibility index (Phi) is 7.99. The van der Waals surface area contributed by atoms with Crippen molar-refractivity contribution in [1.82, 2.24) is 4.90 Å². The maximum absolute atomic E-state index is 10.1. The zero-order chi connectivity index (χ0) is 23.1. The van der Waals surface area contributed by atoms with Gasteiger partial charge in [-0.15, -0.1) is 0 Å². The molecule has 172 valence electrons. The minimum atomic E-state index is -0.925. The molecular weight excluding hydrogens is 402 g/mol. The van der Waals surface area contributed by atoms with E-state index in [1.54, 1.807) is 26.0 Å². The predicted molar refractivity (Wildman–Crippen MR) is 130 cm³/mol. The van der Waals surface area contributed by atoms with E-state index in [0.717, 1.165) is 53.0 Å². The third-order valence-corrected chi connectivity index (χ3v) is 5.53. The number of ether oxygens (including phenoxy) is 2. The first-order valence-electron chi connectivity index (χ1n) is 11.3. The van der Waals surface area contributed by atoms with Crippen LogP contribution in [-0.4, -0.2) is 53.6 Å². The molecule has 2 N–H and O–H groups in total. The van der Waals surface area contributed by atoms with Gasteiger partial charge in [0.2, 0.25) is 0 Å². The van der Waals surface area contributed by atoms with E-state index in [4.69, 9.17) is 9.47 Å². The first kappa shape index (κ1) is 23.9. The molecule has 32 heavy (non-hydrogen) atoms. The number of fused-ring (bicyclic) bond motifs is 1. The molecule has 3 rings (SSSR count). The molecule has 3 aromatic carbocycles. The molecule has 0 spiro atoms. The Labute approximate surface area is 191 Å². The summed E-state index contributed by atoms with van der Waals surface area (Å²) in [4.78, 5) is 2.34. The maximum Gasteiger partial charge on any atom is 0.123 e. The molecule has 0 saturated heterocycles. The van der Waals surface area contributed by atoms with Crippen LogP contribution in [0.2, 0.25) is 0 Å². The van der Waals surface area contributed by atoms with Gasteiger partial charge >= 0.3 is 0 Å². The molecule has 0 aliphatic carbocycles. The highest BCUT2D eigenvalue weighted by atomic mass is 16.5. The lowest BCUT2D eigenvalue weighted by molar-refractivity contribution is 0.0282. The highest BCUT2D eigenvalue weighted by molar-refractivity contribution is 5.89. The zero-order valence-electron chi connectivity index (χ0n) is 19.6. The average Bonchev–Trinajstić information content (AvgIpc) is 2.76. The molecule has 0 aliphatic heterocycles. The molecule has 0 amide bonds. The van der Waals surface area contributed by atoms with Crippen molar-refractivity contribution in [1.29, 1.82) is 0 Å². The van der Waals surface area contributed by atoms with Gasteiger partial charge in [0.05, 0.1) is 5.60 Å². The lowest BCUT2D eigenvalue weighted by Gasteiger charge is -2.21. The summed E-state index contributed by atoms with van der Waals surface area (Å²) in [6, 6.07) is 17.4. The first-order chi connectivity index (χ1) is 15.3. The van der Waals surface area contributed by atoms with Gasteiger partial charge in [-0.25, -0.2) is 0 Å². The van der Waals surface area contributed by atoms with Gasteiger partial charge in [0.1, 0.15) is 30.5 Å². The van der Waals surface area contributed by atoms with E-state index >= 15 is 0 Å². The molecule has 0 unspecified atom stereocenters. The van der Waals surface area contributed by atoms with E-state index in [9.17, 15) is 10.2 Å². The second-order valence-electron chi connectivity index (χ2n) is 8.74. The molecule has 0 aliphatic rings. The summed E-state index contributed by atoms with van der Waals surface area (Å²) in [5, 5.41) is 22.0. The fourth-order valence-electron chi connectivity index (χ4n) is 3.67. The van der Waals surface area contributed by atoms with E-state index in [1.807, 2.05) is 30.3 Å². The van der Waals surface area contributed by atoms with Crippen LogP contribution in [0.5, 0.6) is 17.2 Å². The number of nitrogens with zero attached hydrogens (tertiary/aromatic N) is 1.